The first-order valence-corrected chi connectivity index (χ1v) is 10.1. The number of aliphatic imine (C=N–C) groups is 1. The molecule has 0 aromatic heterocycles. The van der Waals surface area contributed by atoms with E-state index in [1.807, 2.05) is 20.8 Å². The van der Waals surface area contributed by atoms with Gasteiger partial charge in [-0.1, -0.05) is 0 Å². The molecule has 1 heterocycles. The number of halogens is 1. The van der Waals surface area contributed by atoms with Crippen molar-refractivity contribution in [1.29, 1.82) is 0 Å². The van der Waals surface area contributed by atoms with Crippen LogP contribution in [0.2, 0.25) is 0 Å². The maximum atomic E-state index is 11.6. The van der Waals surface area contributed by atoms with Crippen LogP contribution in [0.4, 0.5) is 4.79 Å². The zero-order valence-electron chi connectivity index (χ0n) is 18.5. The number of hydrogen-bond donors (Lipinski definition) is 3. The second-order valence-electron chi connectivity index (χ2n) is 8.12. The van der Waals surface area contributed by atoms with Gasteiger partial charge in [-0.2, -0.15) is 0 Å². The summed E-state index contributed by atoms with van der Waals surface area (Å²) in [6.45, 7) is 17.2. The summed E-state index contributed by atoms with van der Waals surface area (Å²) in [6, 6.07) is 0.433. The topological polar surface area (TPSA) is 81.2 Å². The second-order valence-corrected chi connectivity index (χ2v) is 8.12. The van der Waals surface area contributed by atoms with Crippen LogP contribution in [0.1, 0.15) is 41.0 Å². The maximum absolute atomic E-state index is 11.6. The van der Waals surface area contributed by atoms with E-state index >= 15 is 0 Å². The highest BCUT2D eigenvalue weighted by molar-refractivity contribution is 14.0. The molecule has 1 atom stereocenters. The molecule has 1 unspecified atom stereocenters. The van der Waals surface area contributed by atoms with Crippen molar-refractivity contribution in [3.63, 3.8) is 0 Å². The van der Waals surface area contributed by atoms with E-state index in [4.69, 9.17) is 9.73 Å². The molecule has 0 bridgehead atoms. The molecule has 9 heteroatoms. The number of amides is 1. The van der Waals surface area contributed by atoms with Crippen molar-refractivity contribution in [2.45, 2.75) is 52.7 Å². The number of ether oxygens (including phenoxy) is 1. The van der Waals surface area contributed by atoms with Crippen LogP contribution in [0.15, 0.2) is 4.99 Å². The number of carbonyl (C=O) groups is 1. The fourth-order valence-electron chi connectivity index (χ4n) is 2.74. The number of nitrogens with one attached hydrogen (secondary N) is 3. The van der Waals surface area contributed by atoms with Gasteiger partial charge < -0.3 is 25.6 Å². The number of likely N-dealkylation sites (N-methyl/N-ethyl adjacent to an activating group) is 1. The van der Waals surface area contributed by atoms with E-state index in [0.29, 0.717) is 12.6 Å². The Morgan fingerprint density at radius 2 is 1.71 bits per heavy atom. The van der Waals surface area contributed by atoms with Crippen molar-refractivity contribution in [2.75, 3.05) is 59.4 Å². The molecule has 8 nitrogen and oxygen atoms in total. The van der Waals surface area contributed by atoms with E-state index in [2.05, 4.69) is 46.6 Å². The largest absolute Gasteiger partial charge is 0.444 e. The summed E-state index contributed by atoms with van der Waals surface area (Å²) in [5, 5.41) is 9.38. The minimum Gasteiger partial charge on any atom is -0.444 e. The first-order chi connectivity index (χ1) is 12.7. The number of guanidine groups is 1. The lowest BCUT2D eigenvalue weighted by Crippen LogP contribution is -2.49. The third-order valence-corrected chi connectivity index (χ3v) is 4.33. The minimum atomic E-state index is -0.465. The van der Waals surface area contributed by atoms with E-state index in [-0.39, 0.29) is 30.1 Å². The third kappa shape index (κ3) is 12.6. The Kier molecular flexibility index (Phi) is 13.8. The lowest BCUT2D eigenvalue weighted by Gasteiger charge is -2.35. The zero-order chi connectivity index (χ0) is 20.3. The van der Waals surface area contributed by atoms with Gasteiger partial charge in [0.15, 0.2) is 5.96 Å². The summed E-state index contributed by atoms with van der Waals surface area (Å²) in [6.07, 6.45) is 0.432. The number of rotatable bonds is 8. The Morgan fingerprint density at radius 1 is 1.11 bits per heavy atom. The van der Waals surface area contributed by atoms with E-state index in [1.165, 1.54) is 0 Å². The molecule has 0 aliphatic carbocycles. The fourth-order valence-corrected chi connectivity index (χ4v) is 2.74. The molecule has 1 fully saturated rings. The zero-order valence-corrected chi connectivity index (χ0v) is 20.8. The van der Waals surface area contributed by atoms with Gasteiger partial charge >= 0.3 is 6.09 Å². The molecule has 1 aliphatic heterocycles. The van der Waals surface area contributed by atoms with Gasteiger partial charge in [0.05, 0.1) is 6.54 Å². The normalized spacial score (nSPS) is 17.4. The number of alkyl carbamates (subject to hydrolysis) is 1. The minimum absolute atomic E-state index is 0. The molecule has 1 aliphatic rings. The Bertz CT molecular complexity index is 462. The molecular formula is C19H41IN6O2. The first kappa shape index (κ1) is 27.2. The number of hydrogen-bond acceptors (Lipinski definition) is 5. The fraction of sp³-hybridized carbons (Fsp3) is 0.895. The maximum Gasteiger partial charge on any atom is 0.407 e. The lowest BCUT2D eigenvalue weighted by molar-refractivity contribution is 0.0527. The van der Waals surface area contributed by atoms with Crippen molar-refractivity contribution in [3.05, 3.63) is 0 Å². The summed E-state index contributed by atoms with van der Waals surface area (Å²) in [4.78, 5) is 21.2. The third-order valence-electron chi connectivity index (χ3n) is 4.33. The predicted molar refractivity (Wildman–Crippen MR) is 127 cm³/mol. The van der Waals surface area contributed by atoms with Gasteiger partial charge in [0.1, 0.15) is 5.60 Å². The van der Waals surface area contributed by atoms with Gasteiger partial charge in [0, 0.05) is 51.9 Å². The molecule has 28 heavy (non-hydrogen) atoms. The first-order valence-electron chi connectivity index (χ1n) is 10.1. The smallest absolute Gasteiger partial charge is 0.407 e. The summed E-state index contributed by atoms with van der Waals surface area (Å²) in [5.41, 5.74) is -0.465. The highest BCUT2D eigenvalue weighted by Crippen LogP contribution is 2.06. The van der Waals surface area contributed by atoms with Crippen LogP contribution < -0.4 is 16.0 Å². The predicted octanol–water partition coefficient (Wildman–Crippen LogP) is 1.71. The Balaban J connectivity index is 0.00000729. The molecule has 0 radical (unpaired) electrons. The average Bonchev–Trinajstić information content (AvgIpc) is 2.58. The average molecular weight is 512 g/mol. The monoisotopic (exact) mass is 512 g/mol. The molecule has 3 N–H and O–H groups in total. The van der Waals surface area contributed by atoms with Crippen LogP contribution in [0, 0.1) is 0 Å². The van der Waals surface area contributed by atoms with Gasteiger partial charge in [0.2, 0.25) is 0 Å². The summed E-state index contributed by atoms with van der Waals surface area (Å²) in [7, 11) is 2.17. The Morgan fingerprint density at radius 3 is 2.29 bits per heavy atom. The Labute approximate surface area is 188 Å². The molecule has 1 saturated heterocycles. The van der Waals surface area contributed by atoms with E-state index < -0.39 is 5.60 Å². The van der Waals surface area contributed by atoms with Gasteiger partial charge in [-0.15, -0.1) is 24.0 Å². The van der Waals surface area contributed by atoms with Crippen LogP contribution >= 0.6 is 24.0 Å². The van der Waals surface area contributed by atoms with Crippen LogP contribution in [0.3, 0.4) is 0 Å². The van der Waals surface area contributed by atoms with Crippen LogP contribution in [-0.2, 0) is 4.74 Å². The van der Waals surface area contributed by atoms with Crippen LogP contribution in [0.25, 0.3) is 0 Å². The van der Waals surface area contributed by atoms with Gasteiger partial charge in [-0.25, -0.2) is 4.79 Å². The van der Waals surface area contributed by atoms with E-state index in [1.54, 1.807) is 0 Å². The molecule has 0 saturated carbocycles. The molecule has 0 spiro atoms. The quantitative estimate of drug-likeness (QED) is 0.199. The SMILES string of the molecule is CCNC(=NCC(C)N1CCN(C)CC1)NCCCNC(=O)OC(C)(C)C.I. The standard InChI is InChI=1S/C19H40N6O2.HI/c1-7-20-17(21-9-8-10-22-18(26)27-19(3,4)5)23-15-16(2)25-13-11-24(6)12-14-25;/h16H,7-15H2,1-6H3,(H,22,26)(H2,20,21,23);1H. The highest BCUT2D eigenvalue weighted by Gasteiger charge is 2.19. The number of piperazine rings is 1. The molecule has 0 aromatic carbocycles. The van der Waals surface area contributed by atoms with Crippen molar-refractivity contribution >= 4 is 36.0 Å². The molecule has 1 rings (SSSR count). The van der Waals surface area contributed by atoms with E-state index in [9.17, 15) is 4.79 Å². The summed E-state index contributed by atoms with van der Waals surface area (Å²) < 4.78 is 5.22. The highest BCUT2D eigenvalue weighted by atomic mass is 127. The second kappa shape index (κ2) is 14.2. The van der Waals surface area contributed by atoms with Crippen LogP contribution in [-0.4, -0.2) is 92.9 Å². The van der Waals surface area contributed by atoms with Gasteiger partial charge in [-0.3, -0.25) is 9.89 Å². The van der Waals surface area contributed by atoms with Gasteiger partial charge in [-0.05, 0) is 48.1 Å². The molecular weight excluding hydrogens is 471 g/mol. The van der Waals surface area contributed by atoms with Crippen molar-refractivity contribution in [3.8, 4) is 0 Å². The van der Waals surface area contributed by atoms with Crippen molar-refractivity contribution < 1.29 is 9.53 Å². The number of nitrogens with zero attached hydrogens (tertiary/aromatic N) is 3. The summed E-state index contributed by atoms with van der Waals surface area (Å²) in [5.74, 6) is 0.829. The van der Waals surface area contributed by atoms with E-state index in [0.717, 1.165) is 58.2 Å². The molecule has 166 valence electrons. The van der Waals surface area contributed by atoms with Crippen LogP contribution in [0.5, 0.6) is 0 Å². The molecule has 0 aromatic rings. The van der Waals surface area contributed by atoms with Crippen molar-refractivity contribution in [1.82, 2.24) is 25.8 Å². The number of carbonyl (C=O) groups excluding carboxylic acids is 1. The summed E-state index contributed by atoms with van der Waals surface area (Å²) >= 11 is 0. The molecule has 1 amide bonds. The Hall–Kier alpha value is -0.810. The lowest BCUT2D eigenvalue weighted by atomic mass is 10.2. The van der Waals surface area contributed by atoms with Gasteiger partial charge in [0.25, 0.3) is 0 Å². The van der Waals surface area contributed by atoms with Crippen molar-refractivity contribution in [2.24, 2.45) is 4.99 Å².